The molecule has 0 saturated carbocycles. The van der Waals surface area contributed by atoms with E-state index in [0.29, 0.717) is 6.61 Å². The van der Waals surface area contributed by atoms with Crippen LogP contribution in [0.5, 0.6) is 5.75 Å². The van der Waals surface area contributed by atoms with Crippen LogP contribution < -0.4 is 10.1 Å². The average Bonchev–Trinajstić information content (AvgIpc) is 2.39. The summed E-state index contributed by atoms with van der Waals surface area (Å²) < 4.78 is 12.2. The molecule has 2 aromatic carbocycles. The smallest absolute Gasteiger partial charge is 0.134 e. The first-order chi connectivity index (χ1) is 9.22. The van der Waals surface area contributed by atoms with Crippen molar-refractivity contribution in [3.05, 3.63) is 40.9 Å². The standard InChI is InChI=1S/C15H18BrNO2/c1-17-9-15(10-18-2)19-14-6-4-11-7-13(16)5-3-12(11)8-14/h3-8,15,17H,9-10H2,1-2H3. The molecule has 4 heteroatoms. The van der Waals surface area contributed by atoms with E-state index in [-0.39, 0.29) is 6.10 Å². The quantitative estimate of drug-likeness (QED) is 0.885. The van der Waals surface area contributed by atoms with E-state index in [1.54, 1.807) is 7.11 Å². The largest absolute Gasteiger partial charge is 0.487 e. The predicted octanol–water partition coefficient (Wildman–Crippen LogP) is 3.22. The highest BCUT2D eigenvalue weighted by molar-refractivity contribution is 9.10. The third-order valence-corrected chi connectivity index (χ3v) is 3.35. The lowest BCUT2D eigenvalue weighted by Crippen LogP contribution is -2.33. The summed E-state index contributed by atoms with van der Waals surface area (Å²) >= 11 is 3.48. The van der Waals surface area contributed by atoms with Gasteiger partial charge in [0.1, 0.15) is 11.9 Å². The summed E-state index contributed by atoms with van der Waals surface area (Å²) in [5, 5.41) is 5.47. The van der Waals surface area contributed by atoms with Gasteiger partial charge in [-0.3, -0.25) is 0 Å². The van der Waals surface area contributed by atoms with Crippen molar-refractivity contribution in [3.8, 4) is 5.75 Å². The number of hydrogen-bond donors (Lipinski definition) is 1. The zero-order chi connectivity index (χ0) is 13.7. The zero-order valence-electron chi connectivity index (χ0n) is 11.2. The number of halogens is 1. The molecule has 2 rings (SSSR count). The Kier molecular flexibility index (Phi) is 5.19. The minimum atomic E-state index is 0.0166. The Balaban J connectivity index is 2.18. The molecule has 19 heavy (non-hydrogen) atoms. The first-order valence-electron chi connectivity index (χ1n) is 6.22. The summed E-state index contributed by atoms with van der Waals surface area (Å²) in [6, 6.07) is 12.3. The van der Waals surface area contributed by atoms with Gasteiger partial charge < -0.3 is 14.8 Å². The second-order valence-electron chi connectivity index (χ2n) is 4.41. The molecule has 0 aliphatic rings. The van der Waals surface area contributed by atoms with E-state index in [4.69, 9.17) is 9.47 Å². The molecule has 0 bridgehead atoms. The van der Waals surface area contributed by atoms with Crippen LogP contribution in [0.1, 0.15) is 0 Å². The van der Waals surface area contributed by atoms with Crippen molar-refractivity contribution in [2.24, 2.45) is 0 Å². The fourth-order valence-electron chi connectivity index (χ4n) is 2.01. The van der Waals surface area contributed by atoms with Crippen molar-refractivity contribution in [3.63, 3.8) is 0 Å². The molecule has 0 aromatic heterocycles. The Morgan fingerprint density at radius 1 is 1.16 bits per heavy atom. The van der Waals surface area contributed by atoms with Crippen LogP contribution in [0.3, 0.4) is 0 Å². The molecule has 0 spiro atoms. The summed E-state index contributed by atoms with van der Waals surface area (Å²) in [4.78, 5) is 0. The number of likely N-dealkylation sites (N-methyl/N-ethyl adjacent to an activating group) is 1. The van der Waals surface area contributed by atoms with Crippen LogP contribution in [0.15, 0.2) is 40.9 Å². The van der Waals surface area contributed by atoms with Crippen LogP contribution >= 0.6 is 15.9 Å². The lowest BCUT2D eigenvalue weighted by atomic mass is 10.1. The fraction of sp³-hybridized carbons (Fsp3) is 0.333. The van der Waals surface area contributed by atoms with Gasteiger partial charge >= 0.3 is 0 Å². The monoisotopic (exact) mass is 323 g/mol. The summed E-state index contributed by atoms with van der Waals surface area (Å²) in [6.07, 6.45) is 0.0166. The van der Waals surface area contributed by atoms with Crippen molar-refractivity contribution in [1.82, 2.24) is 5.32 Å². The molecule has 2 aromatic rings. The third kappa shape index (κ3) is 3.93. The molecule has 0 aliphatic carbocycles. The molecule has 102 valence electrons. The Morgan fingerprint density at radius 2 is 1.89 bits per heavy atom. The molecular weight excluding hydrogens is 306 g/mol. The van der Waals surface area contributed by atoms with E-state index in [2.05, 4.69) is 45.5 Å². The minimum Gasteiger partial charge on any atom is -0.487 e. The Hall–Kier alpha value is -1.10. The van der Waals surface area contributed by atoms with Gasteiger partial charge in [0, 0.05) is 18.1 Å². The highest BCUT2D eigenvalue weighted by Crippen LogP contribution is 2.24. The predicted molar refractivity (Wildman–Crippen MR) is 81.9 cm³/mol. The molecule has 0 saturated heterocycles. The number of fused-ring (bicyclic) bond motifs is 1. The highest BCUT2D eigenvalue weighted by Gasteiger charge is 2.09. The van der Waals surface area contributed by atoms with Crippen LogP contribution in [0, 0.1) is 0 Å². The fourth-order valence-corrected chi connectivity index (χ4v) is 2.39. The summed E-state index contributed by atoms with van der Waals surface area (Å²) in [6.45, 7) is 1.32. The van der Waals surface area contributed by atoms with E-state index in [0.717, 1.165) is 16.8 Å². The number of nitrogens with one attached hydrogen (secondary N) is 1. The van der Waals surface area contributed by atoms with Gasteiger partial charge in [0.15, 0.2) is 0 Å². The summed E-state index contributed by atoms with van der Waals surface area (Å²) in [7, 11) is 3.59. The van der Waals surface area contributed by atoms with Gasteiger partial charge in [-0.1, -0.05) is 28.1 Å². The van der Waals surface area contributed by atoms with Gasteiger partial charge in [-0.2, -0.15) is 0 Å². The second kappa shape index (κ2) is 6.89. The van der Waals surface area contributed by atoms with Crippen molar-refractivity contribution < 1.29 is 9.47 Å². The third-order valence-electron chi connectivity index (χ3n) is 2.86. The number of ether oxygens (including phenoxy) is 2. The molecular formula is C15H18BrNO2. The molecule has 1 unspecified atom stereocenters. The van der Waals surface area contributed by atoms with Crippen LogP contribution in [0.2, 0.25) is 0 Å². The van der Waals surface area contributed by atoms with E-state index in [1.807, 2.05) is 19.2 Å². The van der Waals surface area contributed by atoms with Crippen molar-refractivity contribution in [1.29, 1.82) is 0 Å². The molecule has 1 N–H and O–H groups in total. The summed E-state index contributed by atoms with van der Waals surface area (Å²) in [5.74, 6) is 0.868. The van der Waals surface area contributed by atoms with Gasteiger partial charge in [-0.15, -0.1) is 0 Å². The maximum absolute atomic E-state index is 5.93. The average molecular weight is 324 g/mol. The number of rotatable bonds is 6. The lowest BCUT2D eigenvalue weighted by Gasteiger charge is -2.18. The van der Waals surface area contributed by atoms with Crippen molar-refractivity contribution >= 4 is 26.7 Å². The minimum absolute atomic E-state index is 0.0166. The van der Waals surface area contributed by atoms with Crippen LogP contribution in [0.25, 0.3) is 10.8 Å². The molecule has 0 heterocycles. The Morgan fingerprint density at radius 3 is 2.63 bits per heavy atom. The van der Waals surface area contributed by atoms with E-state index < -0.39 is 0 Å². The second-order valence-corrected chi connectivity index (χ2v) is 5.32. The Labute approximate surface area is 122 Å². The number of benzene rings is 2. The molecule has 3 nitrogen and oxygen atoms in total. The van der Waals surface area contributed by atoms with Crippen LogP contribution in [-0.4, -0.2) is 33.4 Å². The number of methoxy groups -OCH3 is 1. The molecule has 0 radical (unpaired) electrons. The summed E-state index contributed by atoms with van der Waals surface area (Å²) in [5.41, 5.74) is 0. The van der Waals surface area contributed by atoms with E-state index >= 15 is 0 Å². The molecule has 0 amide bonds. The van der Waals surface area contributed by atoms with Crippen LogP contribution in [0.4, 0.5) is 0 Å². The Bertz CT molecular complexity index is 539. The van der Waals surface area contributed by atoms with E-state index in [1.165, 1.54) is 10.8 Å². The number of hydrogen-bond acceptors (Lipinski definition) is 3. The van der Waals surface area contributed by atoms with E-state index in [9.17, 15) is 0 Å². The normalized spacial score (nSPS) is 12.6. The first-order valence-corrected chi connectivity index (χ1v) is 7.01. The maximum atomic E-state index is 5.93. The van der Waals surface area contributed by atoms with Crippen LogP contribution in [-0.2, 0) is 4.74 Å². The topological polar surface area (TPSA) is 30.5 Å². The van der Waals surface area contributed by atoms with Crippen molar-refractivity contribution in [2.75, 3.05) is 27.3 Å². The molecule has 1 atom stereocenters. The molecule has 0 aliphatic heterocycles. The zero-order valence-corrected chi connectivity index (χ0v) is 12.7. The SMILES string of the molecule is CNCC(COC)Oc1ccc2cc(Br)ccc2c1. The molecule has 0 fully saturated rings. The van der Waals surface area contributed by atoms with Gasteiger partial charge in [-0.05, 0) is 42.1 Å². The van der Waals surface area contributed by atoms with Crippen molar-refractivity contribution in [2.45, 2.75) is 6.10 Å². The lowest BCUT2D eigenvalue weighted by molar-refractivity contribution is 0.0819. The first kappa shape index (κ1) is 14.3. The van der Waals surface area contributed by atoms with Gasteiger partial charge in [0.25, 0.3) is 0 Å². The highest BCUT2D eigenvalue weighted by atomic mass is 79.9. The van der Waals surface area contributed by atoms with Gasteiger partial charge in [0.05, 0.1) is 6.61 Å². The van der Waals surface area contributed by atoms with Gasteiger partial charge in [-0.25, -0.2) is 0 Å². The maximum Gasteiger partial charge on any atom is 0.134 e. The van der Waals surface area contributed by atoms with Gasteiger partial charge in [0.2, 0.25) is 0 Å².